The minimum absolute atomic E-state index is 0.0448. The summed E-state index contributed by atoms with van der Waals surface area (Å²) in [5, 5.41) is 16.0. The highest BCUT2D eigenvalue weighted by molar-refractivity contribution is 6.30. The second-order valence-electron chi connectivity index (χ2n) is 9.65. The normalized spacial score (nSPS) is 24.6. The highest BCUT2D eigenvalue weighted by atomic mass is 35.5. The van der Waals surface area contributed by atoms with Crippen LogP contribution < -0.4 is 16.4 Å². The van der Waals surface area contributed by atoms with E-state index in [0.29, 0.717) is 49.2 Å². The van der Waals surface area contributed by atoms with Crippen LogP contribution in [0.3, 0.4) is 0 Å². The second kappa shape index (κ2) is 10.1. The number of hydrogen-bond donors (Lipinski definition) is 4. The van der Waals surface area contributed by atoms with Crippen LogP contribution in [-0.2, 0) is 4.79 Å². The van der Waals surface area contributed by atoms with E-state index in [0.717, 1.165) is 31.4 Å². The van der Waals surface area contributed by atoms with Crippen molar-refractivity contribution in [3.63, 3.8) is 0 Å². The molecule has 0 spiro atoms. The largest absolute Gasteiger partial charge is 0.393 e. The molecule has 0 bridgehead atoms. The molecular formula is C24H28ClF2N7O2. The van der Waals surface area contributed by atoms with Crippen molar-refractivity contribution < 1.29 is 18.7 Å². The van der Waals surface area contributed by atoms with Gasteiger partial charge in [-0.15, -0.1) is 0 Å². The summed E-state index contributed by atoms with van der Waals surface area (Å²) in [4.78, 5) is 25.3. The summed E-state index contributed by atoms with van der Waals surface area (Å²) >= 11 is 5.78. The van der Waals surface area contributed by atoms with Gasteiger partial charge in [0, 0.05) is 23.0 Å². The molecule has 2 fully saturated rings. The third kappa shape index (κ3) is 5.08. The minimum atomic E-state index is -0.847. The Labute approximate surface area is 211 Å². The molecule has 2 aliphatic rings. The number of aliphatic hydroxyl groups excluding tert-OH is 1. The number of imidazole rings is 1. The van der Waals surface area contributed by atoms with Gasteiger partial charge in [0.25, 0.3) is 0 Å². The molecule has 0 radical (unpaired) electrons. The number of carbonyl (C=O) groups is 1. The first-order chi connectivity index (χ1) is 17.3. The molecule has 5 rings (SSSR count). The summed E-state index contributed by atoms with van der Waals surface area (Å²) in [7, 11) is 0. The van der Waals surface area contributed by atoms with Gasteiger partial charge in [0.1, 0.15) is 11.2 Å². The molecule has 1 amide bonds. The maximum atomic E-state index is 14.6. The van der Waals surface area contributed by atoms with Crippen molar-refractivity contribution >= 4 is 46.3 Å². The third-order valence-corrected chi connectivity index (χ3v) is 7.34. The van der Waals surface area contributed by atoms with E-state index in [4.69, 9.17) is 22.3 Å². The standard InChI is InChI=1S/C24H28ClF2N7O2/c25-13-8-17(26)20(18(27)9-13)32-24-31-19-11-29-23(30-14-2-1-3-16(35)10-14)33-22(19)34(24)15-6-4-12(5-7-15)21(28)36/h8-9,11-12,14-16,35H,1-7,10H2,(H2,28,36)(H,31,32)(H,29,30,33)/t12-,14?,15+,16-/m1/s1. The number of nitrogens with two attached hydrogens (primary N) is 1. The fourth-order valence-electron chi connectivity index (χ4n) is 5.26. The maximum Gasteiger partial charge on any atom is 0.224 e. The Morgan fingerprint density at radius 3 is 2.50 bits per heavy atom. The van der Waals surface area contributed by atoms with Crippen LogP contribution in [0.25, 0.3) is 11.2 Å². The number of hydrogen-bond acceptors (Lipinski definition) is 7. The fraction of sp³-hybridized carbons (Fsp3) is 0.500. The lowest BCUT2D eigenvalue weighted by molar-refractivity contribution is -0.122. The second-order valence-corrected chi connectivity index (χ2v) is 10.1. The van der Waals surface area contributed by atoms with Gasteiger partial charge in [-0.2, -0.15) is 4.98 Å². The summed E-state index contributed by atoms with van der Waals surface area (Å²) in [5.74, 6) is -1.61. The van der Waals surface area contributed by atoms with Crippen LogP contribution >= 0.6 is 11.6 Å². The summed E-state index contributed by atoms with van der Waals surface area (Å²) in [6, 6.07) is 1.98. The molecule has 1 unspecified atom stereocenters. The molecule has 36 heavy (non-hydrogen) atoms. The van der Waals surface area contributed by atoms with Gasteiger partial charge in [0.05, 0.1) is 12.3 Å². The number of halogens is 3. The molecule has 5 N–H and O–H groups in total. The topological polar surface area (TPSA) is 131 Å². The van der Waals surface area contributed by atoms with Gasteiger partial charge in [0.2, 0.25) is 17.8 Å². The highest BCUT2D eigenvalue weighted by Crippen LogP contribution is 2.38. The van der Waals surface area contributed by atoms with E-state index in [2.05, 4.69) is 20.6 Å². The van der Waals surface area contributed by atoms with Crippen molar-refractivity contribution in [1.82, 2.24) is 19.5 Å². The quantitative estimate of drug-likeness (QED) is 0.379. The zero-order valence-electron chi connectivity index (χ0n) is 19.6. The number of nitrogens with zero attached hydrogens (tertiary/aromatic N) is 4. The van der Waals surface area contributed by atoms with Gasteiger partial charge in [-0.25, -0.2) is 18.7 Å². The molecule has 2 saturated carbocycles. The minimum Gasteiger partial charge on any atom is -0.393 e. The lowest BCUT2D eigenvalue weighted by atomic mass is 9.85. The number of aromatic nitrogens is 4. The van der Waals surface area contributed by atoms with Gasteiger partial charge in [0.15, 0.2) is 17.3 Å². The number of carbonyl (C=O) groups excluding carboxylic acids is 1. The molecule has 2 aliphatic carbocycles. The predicted octanol–water partition coefficient (Wildman–Crippen LogP) is 4.43. The zero-order valence-corrected chi connectivity index (χ0v) is 20.3. The van der Waals surface area contributed by atoms with Crippen LogP contribution in [0, 0.1) is 17.6 Å². The molecule has 192 valence electrons. The van der Waals surface area contributed by atoms with E-state index in [1.807, 2.05) is 4.57 Å². The van der Waals surface area contributed by atoms with Crippen molar-refractivity contribution in [3.8, 4) is 0 Å². The van der Waals surface area contributed by atoms with Gasteiger partial charge in [-0.05, 0) is 63.5 Å². The number of primary amides is 1. The molecule has 1 aromatic carbocycles. The molecule has 0 saturated heterocycles. The first kappa shape index (κ1) is 24.6. The number of nitrogens with one attached hydrogen (secondary N) is 2. The smallest absolute Gasteiger partial charge is 0.224 e. The Kier molecular flexibility index (Phi) is 6.94. The van der Waals surface area contributed by atoms with E-state index in [1.165, 1.54) is 0 Å². The number of amides is 1. The van der Waals surface area contributed by atoms with Crippen LogP contribution in [0.2, 0.25) is 5.02 Å². The van der Waals surface area contributed by atoms with E-state index in [1.54, 1.807) is 6.20 Å². The van der Waals surface area contributed by atoms with Crippen molar-refractivity contribution in [2.75, 3.05) is 10.6 Å². The third-order valence-electron chi connectivity index (χ3n) is 7.12. The number of fused-ring (bicyclic) bond motifs is 1. The number of anilines is 3. The molecule has 3 aromatic rings. The fourth-order valence-corrected chi connectivity index (χ4v) is 5.46. The Balaban J connectivity index is 1.51. The van der Waals surface area contributed by atoms with Gasteiger partial charge in [-0.3, -0.25) is 9.36 Å². The molecule has 2 heterocycles. The lowest BCUT2D eigenvalue weighted by Gasteiger charge is -2.29. The van der Waals surface area contributed by atoms with Crippen molar-refractivity contribution in [2.45, 2.75) is 69.6 Å². The summed E-state index contributed by atoms with van der Waals surface area (Å²) in [6.45, 7) is 0. The first-order valence-corrected chi connectivity index (χ1v) is 12.6. The Bertz CT molecular complexity index is 1260. The SMILES string of the molecule is NC(=O)[C@H]1CC[C@@H](n2c(Nc3c(F)cc(Cl)cc3F)nc3cnc(NC4CCC[C@@H](O)C4)nc32)CC1. The Hall–Kier alpha value is -3.05. The van der Waals surface area contributed by atoms with E-state index < -0.39 is 11.6 Å². The molecule has 9 nitrogen and oxygen atoms in total. The van der Waals surface area contributed by atoms with Gasteiger partial charge in [-0.1, -0.05) is 11.6 Å². The Morgan fingerprint density at radius 1 is 1.11 bits per heavy atom. The van der Waals surface area contributed by atoms with Gasteiger partial charge < -0.3 is 21.5 Å². The summed E-state index contributed by atoms with van der Waals surface area (Å²) in [6.07, 6.45) is 6.86. The number of rotatable bonds is 6. The molecule has 2 atom stereocenters. The molecule has 0 aliphatic heterocycles. The van der Waals surface area contributed by atoms with Gasteiger partial charge >= 0.3 is 0 Å². The molecular weight excluding hydrogens is 492 g/mol. The lowest BCUT2D eigenvalue weighted by Crippen LogP contribution is -2.30. The number of benzene rings is 1. The van der Waals surface area contributed by atoms with E-state index >= 15 is 0 Å². The molecule has 12 heteroatoms. The van der Waals surface area contributed by atoms with E-state index in [9.17, 15) is 18.7 Å². The average molecular weight is 520 g/mol. The van der Waals surface area contributed by atoms with E-state index in [-0.39, 0.29) is 46.7 Å². The highest BCUT2D eigenvalue weighted by Gasteiger charge is 2.30. The van der Waals surface area contributed by atoms with Crippen LogP contribution in [0.4, 0.5) is 26.4 Å². The maximum absolute atomic E-state index is 14.6. The average Bonchev–Trinajstić information content (AvgIpc) is 3.18. The van der Waals surface area contributed by atoms with Crippen LogP contribution in [0.1, 0.15) is 57.4 Å². The van der Waals surface area contributed by atoms with Crippen molar-refractivity contribution in [1.29, 1.82) is 0 Å². The summed E-state index contributed by atoms with van der Waals surface area (Å²) < 4.78 is 31.0. The Morgan fingerprint density at radius 2 is 1.83 bits per heavy atom. The monoisotopic (exact) mass is 519 g/mol. The summed E-state index contributed by atoms with van der Waals surface area (Å²) in [5.41, 5.74) is 6.10. The first-order valence-electron chi connectivity index (χ1n) is 12.2. The molecule has 2 aromatic heterocycles. The number of aliphatic hydroxyl groups is 1. The van der Waals surface area contributed by atoms with Crippen molar-refractivity contribution in [3.05, 3.63) is 35.0 Å². The van der Waals surface area contributed by atoms with Crippen LogP contribution in [0.5, 0.6) is 0 Å². The predicted molar refractivity (Wildman–Crippen MR) is 132 cm³/mol. The van der Waals surface area contributed by atoms with Crippen molar-refractivity contribution in [2.24, 2.45) is 11.7 Å². The zero-order chi connectivity index (χ0) is 25.4. The van der Waals surface area contributed by atoms with Crippen LogP contribution in [-0.4, -0.2) is 42.7 Å². The van der Waals surface area contributed by atoms with Crippen LogP contribution in [0.15, 0.2) is 18.3 Å².